The molecule has 0 spiro atoms. The first-order valence-electron chi connectivity index (χ1n) is 9.86. The molecule has 0 aliphatic rings. The van der Waals surface area contributed by atoms with Crippen molar-refractivity contribution in [1.29, 1.82) is 0 Å². The van der Waals surface area contributed by atoms with E-state index in [2.05, 4.69) is 11.6 Å². The average molecular weight is 454 g/mol. The number of hydrogen-bond donors (Lipinski definition) is 1. The van der Waals surface area contributed by atoms with Gasteiger partial charge >= 0.3 is 0 Å². The first kappa shape index (κ1) is 28.4. The summed E-state index contributed by atoms with van der Waals surface area (Å²) in [6.45, 7) is 12.9. The Balaban J connectivity index is 0.00000212. The van der Waals surface area contributed by atoms with E-state index < -0.39 is 15.7 Å². The van der Waals surface area contributed by atoms with E-state index in [0.29, 0.717) is 24.3 Å². The Labute approximate surface area is 185 Å². The molecule has 1 aromatic heterocycles. The van der Waals surface area contributed by atoms with E-state index in [0.717, 1.165) is 6.42 Å². The zero-order valence-corrected chi connectivity index (χ0v) is 19.9. The SMILES string of the molecule is C=C(/C=C\C=C/CC)c1nc(C(C)(C)F)cn1-c1ccc(S(N)(=O)=O)cc1.CC.CF. The molecule has 2 N–H and O–H groups in total. The summed E-state index contributed by atoms with van der Waals surface area (Å²) in [6.07, 6.45) is 10.0. The van der Waals surface area contributed by atoms with Gasteiger partial charge in [-0.15, -0.1) is 0 Å². The van der Waals surface area contributed by atoms with E-state index in [9.17, 15) is 17.2 Å². The molecule has 0 saturated carbocycles. The number of hydrogen-bond acceptors (Lipinski definition) is 3. The highest BCUT2D eigenvalue weighted by Gasteiger charge is 2.25. The molecule has 2 rings (SSSR count). The third-order valence-corrected chi connectivity index (χ3v) is 4.76. The highest BCUT2D eigenvalue weighted by atomic mass is 32.2. The lowest BCUT2D eigenvalue weighted by Gasteiger charge is -2.09. The number of sulfonamides is 1. The number of alkyl halides is 2. The number of nitrogens with zero attached hydrogens (tertiary/aromatic N) is 2. The van der Waals surface area contributed by atoms with Gasteiger partial charge in [0.1, 0.15) is 11.5 Å². The summed E-state index contributed by atoms with van der Waals surface area (Å²) in [4.78, 5) is 4.40. The fourth-order valence-electron chi connectivity index (χ4n) is 2.35. The highest BCUT2D eigenvalue weighted by molar-refractivity contribution is 7.89. The van der Waals surface area contributed by atoms with Crippen LogP contribution < -0.4 is 5.14 Å². The van der Waals surface area contributed by atoms with Crippen molar-refractivity contribution in [3.63, 3.8) is 0 Å². The van der Waals surface area contributed by atoms with Crippen molar-refractivity contribution in [1.82, 2.24) is 9.55 Å². The summed E-state index contributed by atoms with van der Waals surface area (Å²) in [5.74, 6) is 0.472. The van der Waals surface area contributed by atoms with Gasteiger partial charge in [0.2, 0.25) is 10.0 Å². The second-order valence-electron chi connectivity index (χ2n) is 6.55. The molecule has 0 aliphatic heterocycles. The van der Waals surface area contributed by atoms with Crippen molar-refractivity contribution < 1.29 is 17.2 Å². The Hall–Kier alpha value is -2.58. The summed E-state index contributed by atoms with van der Waals surface area (Å²) < 4.78 is 48.5. The number of imidazole rings is 1. The normalized spacial score (nSPS) is 11.6. The lowest BCUT2D eigenvalue weighted by molar-refractivity contribution is 0.215. The second-order valence-corrected chi connectivity index (χ2v) is 8.11. The lowest BCUT2D eigenvalue weighted by atomic mass is 10.1. The molecule has 31 heavy (non-hydrogen) atoms. The van der Waals surface area contributed by atoms with Gasteiger partial charge < -0.3 is 0 Å². The zero-order valence-electron chi connectivity index (χ0n) is 19.1. The maximum Gasteiger partial charge on any atom is 0.238 e. The second kappa shape index (κ2) is 13.0. The van der Waals surface area contributed by atoms with Crippen molar-refractivity contribution >= 4 is 15.6 Å². The van der Waals surface area contributed by atoms with E-state index in [1.807, 2.05) is 39.0 Å². The van der Waals surface area contributed by atoms with Gasteiger partial charge in [0.25, 0.3) is 0 Å². The van der Waals surface area contributed by atoms with Crippen LogP contribution in [-0.4, -0.2) is 25.1 Å². The molecule has 0 saturated heterocycles. The Morgan fingerprint density at radius 3 is 2.19 bits per heavy atom. The minimum atomic E-state index is -3.78. The van der Waals surface area contributed by atoms with Crippen molar-refractivity contribution in [2.45, 2.75) is 51.6 Å². The van der Waals surface area contributed by atoms with Gasteiger partial charge in [0, 0.05) is 17.5 Å². The number of halogens is 2. The summed E-state index contributed by atoms with van der Waals surface area (Å²) in [7, 11) is -3.28. The third kappa shape index (κ3) is 8.59. The minimum absolute atomic E-state index is 0.00221. The molecule has 0 bridgehead atoms. The van der Waals surface area contributed by atoms with Gasteiger partial charge in [-0.1, -0.05) is 51.7 Å². The van der Waals surface area contributed by atoms with Gasteiger partial charge in [-0.2, -0.15) is 0 Å². The molecule has 1 heterocycles. The standard InChI is InChI=1S/C20H24FN3O2S.C2H6.CH3F/c1-5-6-7-8-9-15(2)19-23-18(20(3,4)21)14-24(19)16-10-12-17(13-11-16)27(22,25)26;2*1-2/h6-14H,2,5H2,1,3-4H3,(H2,22,25,26);1-2H3;1H3/b7-6-,9-8-;;. The number of benzene rings is 1. The zero-order chi connectivity index (χ0) is 24.2. The Morgan fingerprint density at radius 2 is 1.74 bits per heavy atom. The van der Waals surface area contributed by atoms with Crippen molar-refractivity contribution in [3.05, 3.63) is 72.9 Å². The molecule has 172 valence electrons. The van der Waals surface area contributed by atoms with Gasteiger partial charge in [0.15, 0.2) is 0 Å². The molecule has 2 aromatic rings. The smallest absolute Gasteiger partial charge is 0.238 e. The monoisotopic (exact) mass is 453 g/mol. The van der Waals surface area contributed by atoms with Gasteiger partial charge in [-0.05, 0) is 44.5 Å². The lowest BCUT2D eigenvalue weighted by Crippen LogP contribution is -2.12. The number of nitrogens with two attached hydrogens (primary N) is 1. The van der Waals surface area contributed by atoms with E-state index in [4.69, 9.17) is 5.14 Å². The number of primary sulfonamides is 1. The first-order chi connectivity index (χ1) is 14.5. The molecule has 5 nitrogen and oxygen atoms in total. The Kier molecular flexibility index (Phi) is 11.9. The van der Waals surface area contributed by atoms with Crippen LogP contribution in [-0.2, 0) is 15.7 Å². The predicted molar refractivity (Wildman–Crippen MR) is 125 cm³/mol. The topological polar surface area (TPSA) is 78.0 Å². The van der Waals surface area contributed by atoms with Crippen LogP contribution in [0.1, 0.15) is 52.6 Å². The maximum atomic E-state index is 14.4. The quantitative estimate of drug-likeness (QED) is 0.532. The van der Waals surface area contributed by atoms with Crippen LogP contribution in [0.4, 0.5) is 8.78 Å². The number of aromatic nitrogens is 2. The van der Waals surface area contributed by atoms with Gasteiger partial charge in [0.05, 0.1) is 17.8 Å². The number of rotatable bonds is 7. The molecule has 0 aliphatic carbocycles. The Morgan fingerprint density at radius 1 is 1.19 bits per heavy atom. The van der Waals surface area contributed by atoms with Crippen LogP contribution in [0, 0.1) is 0 Å². The van der Waals surface area contributed by atoms with Crippen molar-refractivity contribution in [3.8, 4) is 5.69 Å². The van der Waals surface area contributed by atoms with E-state index in [-0.39, 0.29) is 10.6 Å². The largest absolute Gasteiger partial charge is 0.299 e. The fourth-order valence-corrected chi connectivity index (χ4v) is 2.86. The molecule has 0 atom stereocenters. The molecule has 8 heteroatoms. The van der Waals surface area contributed by atoms with E-state index in [1.165, 1.54) is 26.0 Å². The highest BCUT2D eigenvalue weighted by Crippen LogP contribution is 2.28. The molecular weight excluding hydrogens is 420 g/mol. The minimum Gasteiger partial charge on any atom is -0.299 e. The molecular formula is C23H33F2N3O2S. The van der Waals surface area contributed by atoms with Crippen molar-refractivity contribution in [2.75, 3.05) is 7.18 Å². The molecule has 0 unspecified atom stereocenters. The summed E-state index contributed by atoms with van der Waals surface area (Å²) >= 11 is 0. The molecule has 1 aromatic carbocycles. The number of allylic oxidation sites excluding steroid dienone is 5. The van der Waals surface area contributed by atoms with Crippen LogP contribution in [0.3, 0.4) is 0 Å². The van der Waals surface area contributed by atoms with Gasteiger partial charge in [-0.25, -0.2) is 22.9 Å². The first-order valence-corrected chi connectivity index (χ1v) is 11.4. The van der Waals surface area contributed by atoms with Crippen LogP contribution in [0.15, 0.2) is 66.2 Å². The van der Waals surface area contributed by atoms with Gasteiger partial charge in [-0.3, -0.25) is 8.96 Å². The summed E-state index contributed by atoms with van der Waals surface area (Å²) in [6, 6.07) is 5.98. The van der Waals surface area contributed by atoms with Crippen LogP contribution in [0.25, 0.3) is 11.3 Å². The van der Waals surface area contributed by atoms with E-state index >= 15 is 0 Å². The van der Waals surface area contributed by atoms with Crippen LogP contribution in [0.5, 0.6) is 0 Å². The predicted octanol–water partition coefficient (Wildman–Crippen LogP) is 5.87. The molecule has 0 radical (unpaired) electrons. The van der Waals surface area contributed by atoms with E-state index in [1.54, 1.807) is 29.0 Å². The fraction of sp³-hybridized carbons (Fsp3) is 0.348. The summed E-state index contributed by atoms with van der Waals surface area (Å²) in [5, 5.41) is 5.14. The Bertz CT molecular complexity index is 985. The summed E-state index contributed by atoms with van der Waals surface area (Å²) in [5.41, 5.74) is -0.153. The third-order valence-electron chi connectivity index (χ3n) is 3.83. The van der Waals surface area contributed by atoms with Crippen LogP contribution in [0.2, 0.25) is 0 Å². The molecule has 0 amide bonds. The molecule has 0 fully saturated rings. The average Bonchev–Trinajstić information content (AvgIpc) is 3.20. The van der Waals surface area contributed by atoms with Crippen LogP contribution >= 0.6 is 0 Å². The van der Waals surface area contributed by atoms with Crippen molar-refractivity contribution in [2.24, 2.45) is 5.14 Å². The maximum absolute atomic E-state index is 14.4.